The highest BCUT2D eigenvalue weighted by atomic mass is 35.5. The molecule has 0 bridgehead atoms. The number of hydrogen-bond acceptors (Lipinski definition) is 2. The number of likely N-dealkylation sites (N-methyl/N-ethyl adjacent to an activating group) is 1. The van der Waals surface area contributed by atoms with Crippen LogP contribution in [0, 0.1) is 0 Å². The Bertz CT molecular complexity index is 975. The molecule has 0 aromatic heterocycles. The summed E-state index contributed by atoms with van der Waals surface area (Å²) in [4.78, 5) is 27.9. The minimum absolute atomic E-state index is 0.0525. The normalized spacial score (nSPS) is 11.5. The molecular formula is C26H27ClN2O2. The van der Waals surface area contributed by atoms with Gasteiger partial charge in [-0.15, -0.1) is 0 Å². The molecule has 0 heterocycles. The summed E-state index contributed by atoms with van der Waals surface area (Å²) in [6, 6.07) is 26.5. The predicted octanol–water partition coefficient (Wildman–Crippen LogP) is 4.66. The van der Waals surface area contributed by atoms with Gasteiger partial charge in [-0.05, 0) is 35.2 Å². The molecule has 0 saturated carbocycles. The van der Waals surface area contributed by atoms with Gasteiger partial charge in [-0.3, -0.25) is 9.59 Å². The van der Waals surface area contributed by atoms with E-state index in [1.165, 1.54) is 0 Å². The molecule has 3 aromatic rings. The van der Waals surface area contributed by atoms with Crippen LogP contribution in [0.25, 0.3) is 0 Å². The van der Waals surface area contributed by atoms with Crippen molar-refractivity contribution in [2.45, 2.75) is 31.8 Å². The monoisotopic (exact) mass is 434 g/mol. The van der Waals surface area contributed by atoms with Crippen molar-refractivity contribution in [3.63, 3.8) is 0 Å². The van der Waals surface area contributed by atoms with E-state index in [0.717, 1.165) is 16.7 Å². The van der Waals surface area contributed by atoms with Crippen LogP contribution >= 0.6 is 11.6 Å². The third-order valence-corrected chi connectivity index (χ3v) is 5.51. The molecule has 0 radical (unpaired) electrons. The second-order valence-corrected chi connectivity index (χ2v) is 7.89. The zero-order valence-corrected chi connectivity index (χ0v) is 18.4. The number of amides is 2. The van der Waals surface area contributed by atoms with E-state index in [1.54, 1.807) is 24.1 Å². The number of nitrogens with one attached hydrogen (secondary N) is 1. The van der Waals surface area contributed by atoms with Gasteiger partial charge in [0.05, 0.1) is 0 Å². The number of rotatable bonds is 9. The molecule has 0 saturated heterocycles. The Morgan fingerprint density at radius 1 is 0.839 bits per heavy atom. The summed E-state index contributed by atoms with van der Waals surface area (Å²) >= 11 is 6.03. The standard InChI is InChI=1S/C26H27ClN2O2/c1-28-26(31)24(18-21-10-6-3-7-11-21)29(19-22-12-15-23(27)16-13-22)25(30)17-14-20-8-4-2-5-9-20/h2-13,15-16,24H,14,17-19H2,1H3,(H,28,31)/t24-/m1/s1. The SMILES string of the molecule is CNC(=O)[C@@H](Cc1ccccc1)N(Cc1ccc(Cl)cc1)C(=O)CCc1ccccc1. The number of nitrogens with zero attached hydrogens (tertiary/aromatic N) is 1. The van der Waals surface area contributed by atoms with Crippen molar-refractivity contribution in [1.82, 2.24) is 10.2 Å². The number of halogens is 1. The largest absolute Gasteiger partial charge is 0.357 e. The van der Waals surface area contributed by atoms with E-state index in [4.69, 9.17) is 11.6 Å². The van der Waals surface area contributed by atoms with Gasteiger partial charge in [-0.1, -0.05) is 84.4 Å². The third kappa shape index (κ3) is 6.69. The summed E-state index contributed by atoms with van der Waals surface area (Å²) < 4.78 is 0. The first kappa shape index (κ1) is 22.6. The minimum atomic E-state index is -0.605. The first-order valence-electron chi connectivity index (χ1n) is 10.4. The molecule has 160 valence electrons. The number of hydrogen-bond donors (Lipinski definition) is 1. The molecule has 1 N–H and O–H groups in total. The summed E-state index contributed by atoms with van der Waals surface area (Å²) in [5.41, 5.74) is 3.04. The van der Waals surface area contributed by atoms with Crippen molar-refractivity contribution in [1.29, 1.82) is 0 Å². The van der Waals surface area contributed by atoms with Gasteiger partial charge in [-0.25, -0.2) is 0 Å². The zero-order chi connectivity index (χ0) is 22.1. The van der Waals surface area contributed by atoms with Gasteiger partial charge in [0.2, 0.25) is 11.8 Å². The van der Waals surface area contributed by atoms with E-state index < -0.39 is 6.04 Å². The van der Waals surface area contributed by atoms with Crippen LogP contribution in [0.15, 0.2) is 84.9 Å². The predicted molar refractivity (Wildman–Crippen MR) is 125 cm³/mol. The maximum Gasteiger partial charge on any atom is 0.242 e. The molecule has 0 fully saturated rings. The smallest absolute Gasteiger partial charge is 0.242 e. The van der Waals surface area contributed by atoms with Crippen LogP contribution in [0.4, 0.5) is 0 Å². The fourth-order valence-electron chi connectivity index (χ4n) is 3.55. The number of carbonyl (C=O) groups excluding carboxylic acids is 2. The van der Waals surface area contributed by atoms with Crippen molar-refractivity contribution in [3.8, 4) is 0 Å². The van der Waals surface area contributed by atoms with Gasteiger partial charge in [0.15, 0.2) is 0 Å². The molecular weight excluding hydrogens is 408 g/mol. The summed E-state index contributed by atoms with van der Waals surface area (Å²) in [7, 11) is 1.61. The van der Waals surface area contributed by atoms with Crippen molar-refractivity contribution >= 4 is 23.4 Å². The number of aryl methyl sites for hydroxylation is 1. The lowest BCUT2D eigenvalue weighted by Crippen LogP contribution is -2.49. The molecule has 4 nitrogen and oxygen atoms in total. The van der Waals surface area contributed by atoms with Crippen LogP contribution in [0.2, 0.25) is 5.02 Å². The Morgan fingerprint density at radius 2 is 1.42 bits per heavy atom. The quantitative estimate of drug-likeness (QED) is 0.532. The van der Waals surface area contributed by atoms with Gasteiger partial charge >= 0.3 is 0 Å². The first-order valence-corrected chi connectivity index (χ1v) is 10.8. The minimum Gasteiger partial charge on any atom is -0.357 e. The summed E-state index contributed by atoms with van der Waals surface area (Å²) in [5, 5.41) is 3.37. The molecule has 2 amide bonds. The Balaban J connectivity index is 1.86. The zero-order valence-electron chi connectivity index (χ0n) is 17.6. The summed E-state index contributed by atoms with van der Waals surface area (Å²) in [6.07, 6.45) is 1.41. The fourth-order valence-corrected chi connectivity index (χ4v) is 3.67. The summed E-state index contributed by atoms with van der Waals surface area (Å²) in [5.74, 6) is -0.228. The molecule has 5 heteroatoms. The van der Waals surface area contributed by atoms with Gasteiger partial charge < -0.3 is 10.2 Å². The van der Waals surface area contributed by atoms with Crippen molar-refractivity contribution in [2.24, 2.45) is 0 Å². The average molecular weight is 435 g/mol. The topological polar surface area (TPSA) is 49.4 Å². The molecule has 0 aliphatic carbocycles. The molecule has 3 aromatic carbocycles. The van der Waals surface area contributed by atoms with Gasteiger partial charge in [-0.2, -0.15) is 0 Å². The molecule has 0 spiro atoms. The van der Waals surface area contributed by atoms with E-state index >= 15 is 0 Å². The van der Waals surface area contributed by atoms with E-state index in [-0.39, 0.29) is 11.8 Å². The first-order chi connectivity index (χ1) is 15.1. The lowest BCUT2D eigenvalue weighted by molar-refractivity contribution is -0.141. The second-order valence-electron chi connectivity index (χ2n) is 7.45. The second kappa shape index (κ2) is 11.3. The maximum atomic E-state index is 13.4. The maximum absolute atomic E-state index is 13.4. The number of carbonyl (C=O) groups is 2. The van der Waals surface area contributed by atoms with Gasteiger partial charge in [0.1, 0.15) is 6.04 Å². The Kier molecular flexibility index (Phi) is 8.25. The highest BCUT2D eigenvalue weighted by Crippen LogP contribution is 2.18. The van der Waals surface area contributed by atoms with Gasteiger partial charge in [0, 0.05) is 31.5 Å². The highest BCUT2D eigenvalue weighted by Gasteiger charge is 2.29. The summed E-state index contributed by atoms with van der Waals surface area (Å²) in [6.45, 7) is 0.343. The molecule has 31 heavy (non-hydrogen) atoms. The fraction of sp³-hybridized carbons (Fsp3) is 0.231. The van der Waals surface area contributed by atoms with E-state index in [2.05, 4.69) is 5.32 Å². The Hall–Kier alpha value is -3.11. The van der Waals surface area contributed by atoms with Crippen molar-refractivity contribution in [2.75, 3.05) is 7.05 Å². The van der Waals surface area contributed by atoms with Crippen molar-refractivity contribution < 1.29 is 9.59 Å². The van der Waals surface area contributed by atoms with Crippen LogP contribution in [0.3, 0.4) is 0 Å². The molecule has 0 unspecified atom stereocenters. The Morgan fingerprint density at radius 3 is 2.00 bits per heavy atom. The molecule has 0 aliphatic rings. The van der Waals surface area contributed by atoms with Crippen LogP contribution in [0.5, 0.6) is 0 Å². The van der Waals surface area contributed by atoms with Crippen LogP contribution in [-0.2, 0) is 29.0 Å². The molecule has 1 atom stereocenters. The van der Waals surface area contributed by atoms with Crippen LogP contribution in [-0.4, -0.2) is 29.8 Å². The molecule has 0 aliphatic heterocycles. The van der Waals surface area contributed by atoms with Crippen molar-refractivity contribution in [3.05, 3.63) is 107 Å². The van der Waals surface area contributed by atoms with Crippen LogP contribution in [0.1, 0.15) is 23.1 Å². The third-order valence-electron chi connectivity index (χ3n) is 5.25. The van der Waals surface area contributed by atoms with Gasteiger partial charge in [0.25, 0.3) is 0 Å². The van der Waals surface area contributed by atoms with E-state index in [1.807, 2.05) is 72.8 Å². The lowest BCUT2D eigenvalue weighted by Gasteiger charge is -2.31. The van der Waals surface area contributed by atoms with Crippen LogP contribution < -0.4 is 5.32 Å². The molecule has 3 rings (SSSR count). The van der Waals surface area contributed by atoms with E-state index in [0.29, 0.717) is 30.8 Å². The average Bonchev–Trinajstić information content (AvgIpc) is 2.81. The number of benzene rings is 3. The highest BCUT2D eigenvalue weighted by molar-refractivity contribution is 6.30. The lowest BCUT2D eigenvalue weighted by atomic mass is 10.0. The Labute approximate surface area is 188 Å². The van der Waals surface area contributed by atoms with E-state index in [9.17, 15) is 9.59 Å².